The van der Waals surface area contributed by atoms with E-state index in [0.29, 0.717) is 0 Å². The quantitative estimate of drug-likeness (QED) is 0.567. The fourth-order valence-corrected chi connectivity index (χ4v) is 3.26. The van der Waals surface area contributed by atoms with Gasteiger partial charge >= 0.3 is 0 Å². The first-order chi connectivity index (χ1) is 8.30. The molecule has 0 spiro atoms. The van der Waals surface area contributed by atoms with Gasteiger partial charge in [0.15, 0.2) is 5.96 Å². The molecule has 17 heavy (non-hydrogen) atoms. The lowest BCUT2D eigenvalue weighted by atomic mass is 10.0. The molecular weight excluding hydrogens is 230 g/mol. The molecular formula is C13H27N3S. The lowest BCUT2D eigenvalue weighted by Crippen LogP contribution is -2.42. The van der Waals surface area contributed by atoms with Gasteiger partial charge in [-0.3, -0.25) is 4.99 Å². The zero-order valence-electron chi connectivity index (χ0n) is 11.5. The zero-order chi connectivity index (χ0) is 12.5. The van der Waals surface area contributed by atoms with E-state index in [1.807, 2.05) is 7.05 Å². The number of hydrogen-bond acceptors (Lipinski definition) is 2. The molecule has 100 valence electrons. The molecule has 0 aromatic carbocycles. The van der Waals surface area contributed by atoms with Gasteiger partial charge in [-0.25, -0.2) is 0 Å². The van der Waals surface area contributed by atoms with Crippen molar-refractivity contribution >= 4 is 17.7 Å². The van der Waals surface area contributed by atoms with Crippen molar-refractivity contribution in [2.75, 3.05) is 25.9 Å². The molecule has 1 fully saturated rings. The highest BCUT2D eigenvalue weighted by Crippen LogP contribution is 2.25. The van der Waals surface area contributed by atoms with Crippen molar-refractivity contribution in [3.63, 3.8) is 0 Å². The molecule has 0 saturated carbocycles. The molecule has 3 nitrogen and oxygen atoms in total. The molecule has 1 rings (SSSR count). The first-order valence-corrected chi connectivity index (χ1v) is 7.91. The van der Waals surface area contributed by atoms with E-state index in [1.165, 1.54) is 31.4 Å². The van der Waals surface area contributed by atoms with Crippen LogP contribution >= 0.6 is 11.8 Å². The number of rotatable bonds is 6. The van der Waals surface area contributed by atoms with Crippen LogP contribution < -0.4 is 10.6 Å². The summed E-state index contributed by atoms with van der Waals surface area (Å²) in [7, 11) is 1.85. The second-order valence-corrected chi connectivity index (χ2v) is 6.06. The van der Waals surface area contributed by atoms with E-state index in [-0.39, 0.29) is 0 Å². The van der Waals surface area contributed by atoms with Crippen LogP contribution in [0, 0.1) is 5.92 Å². The Bertz CT molecular complexity index is 213. The highest BCUT2D eigenvalue weighted by atomic mass is 32.2. The molecule has 1 atom stereocenters. The van der Waals surface area contributed by atoms with Crippen molar-refractivity contribution in [2.24, 2.45) is 10.9 Å². The summed E-state index contributed by atoms with van der Waals surface area (Å²) in [6.07, 6.45) is 5.19. The molecule has 0 radical (unpaired) electrons. The molecule has 0 bridgehead atoms. The number of thioether (sulfide) groups is 1. The van der Waals surface area contributed by atoms with Crippen LogP contribution in [-0.2, 0) is 0 Å². The van der Waals surface area contributed by atoms with Crippen LogP contribution in [0.1, 0.15) is 39.5 Å². The first kappa shape index (κ1) is 14.7. The van der Waals surface area contributed by atoms with Gasteiger partial charge < -0.3 is 10.6 Å². The molecule has 0 aromatic rings. The third kappa shape index (κ3) is 5.66. The minimum atomic E-state index is 0.759. The van der Waals surface area contributed by atoms with Crippen molar-refractivity contribution < 1.29 is 0 Å². The molecule has 0 aliphatic carbocycles. The van der Waals surface area contributed by atoms with Gasteiger partial charge in [0.05, 0.1) is 0 Å². The third-order valence-corrected chi connectivity index (χ3v) is 4.86. The van der Waals surface area contributed by atoms with Crippen molar-refractivity contribution in [1.82, 2.24) is 10.6 Å². The lowest BCUT2D eigenvalue weighted by molar-refractivity contribution is 0.481. The van der Waals surface area contributed by atoms with E-state index >= 15 is 0 Å². The zero-order valence-corrected chi connectivity index (χ0v) is 12.3. The Balaban J connectivity index is 2.19. The van der Waals surface area contributed by atoms with Gasteiger partial charge in [-0.2, -0.15) is 11.8 Å². The molecule has 1 unspecified atom stereocenters. The van der Waals surface area contributed by atoms with Gasteiger partial charge in [0.1, 0.15) is 0 Å². The Morgan fingerprint density at radius 3 is 2.65 bits per heavy atom. The number of guanidine groups is 1. The van der Waals surface area contributed by atoms with E-state index in [1.54, 1.807) is 0 Å². The van der Waals surface area contributed by atoms with Gasteiger partial charge in [-0.15, -0.1) is 0 Å². The van der Waals surface area contributed by atoms with Crippen LogP contribution in [0.25, 0.3) is 0 Å². The smallest absolute Gasteiger partial charge is 0.191 e. The van der Waals surface area contributed by atoms with Crippen LogP contribution in [0.4, 0.5) is 0 Å². The van der Waals surface area contributed by atoms with Crippen molar-refractivity contribution in [3.8, 4) is 0 Å². The van der Waals surface area contributed by atoms with Gasteiger partial charge in [-0.05, 0) is 24.5 Å². The summed E-state index contributed by atoms with van der Waals surface area (Å²) in [4.78, 5) is 4.27. The number of nitrogens with one attached hydrogen (secondary N) is 2. The molecule has 0 amide bonds. The maximum atomic E-state index is 4.27. The fraction of sp³-hybridized carbons (Fsp3) is 0.923. The summed E-state index contributed by atoms with van der Waals surface area (Å²) in [6, 6.07) is 0. The Morgan fingerprint density at radius 2 is 2.12 bits per heavy atom. The maximum Gasteiger partial charge on any atom is 0.191 e. The second-order valence-electron chi connectivity index (χ2n) is 4.65. The molecule has 1 aliphatic rings. The van der Waals surface area contributed by atoms with E-state index in [9.17, 15) is 0 Å². The Hall–Kier alpha value is -0.380. The average Bonchev–Trinajstić information content (AvgIpc) is 2.87. The summed E-state index contributed by atoms with van der Waals surface area (Å²) in [5.41, 5.74) is 0. The minimum absolute atomic E-state index is 0.759. The van der Waals surface area contributed by atoms with Gasteiger partial charge in [0.2, 0.25) is 0 Å². The van der Waals surface area contributed by atoms with E-state index < -0.39 is 0 Å². The molecule has 1 heterocycles. The topological polar surface area (TPSA) is 36.4 Å². The standard InChI is InChI=1S/C13H27N3S/c1-4-11(5-2)9-15-13(14-3)16-10-12-7-6-8-17-12/h11-12H,4-10H2,1-3H3,(H2,14,15,16). The molecule has 0 aromatic heterocycles. The highest BCUT2D eigenvalue weighted by Gasteiger charge is 2.15. The summed E-state index contributed by atoms with van der Waals surface area (Å²) in [5, 5.41) is 7.64. The van der Waals surface area contributed by atoms with Crippen LogP contribution in [0.15, 0.2) is 4.99 Å². The summed E-state index contributed by atoms with van der Waals surface area (Å²) >= 11 is 2.08. The highest BCUT2D eigenvalue weighted by molar-refractivity contribution is 8.00. The molecule has 2 N–H and O–H groups in total. The number of hydrogen-bond donors (Lipinski definition) is 2. The maximum absolute atomic E-state index is 4.27. The first-order valence-electron chi connectivity index (χ1n) is 6.86. The van der Waals surface area contributed by atoms with Crippen molar-refractivity contribution in [2.45, 2.75) is 44.8 Å². The van der Waals surface area contributed by atoms with E-state index in [4.69, 9.17) is 0 Å². The van der Waals surface area contributed by atoms with Crippen LogP contribution in [0.2, 0.25) is 0 Å². The van der Waals surface area contributed by atoms with Gasteiger partial charge in [0, 0.05) is 25.4 Å². The predicted octanol–water partition coefficient (Wildman–Crippen LogP) is 2.48. The molecule has 4 heteroatoms. The average molecular weight is 257 g/mol. The third-order valence-electron chi connectivity index (χ3n) is 3.46. The van der Waals surface area contributed by atoms with Crippen LogP contribution in [0.5, 0.6) is 0 Å². The van der Waals surface area contributed by atoms with Crippen molar-refractivity contribution in [3.05, 3.63) is 0 Å². The predicted molar refractivity (Wildman–Crippen MR) is 78.9 cm³/mol. The Kier molecular flexibility index (Phi) is 7.49. The molecule has 1 aliphatic heterocycles. The van der Waals surface area contributed by atoms with E-state index in [2.05, 4.69) is 41.2 Å². The monoisotopic (exact) mass is 257 g/mol. The number of aliphatic imine (C=N–C) groups is 1. The fourth-order valence-electron chi connectivity index (χ4n) is 2.05. The normalized spacial score (nSPS) is 20.9. The molecule has 1 saturated heterocycles. The summed E-state index contributed by atoms with van der Waals surface area (Å²) in [5.74, 6) is 3.05. The SMILES string of the molecule is CCC(CC)CNC(=NC)NCC1CCCS1. The Labute approximate surface area is 110 Å². The van der Waals surface area contributed by atoms with Crippen molar-refractivity contribution in [1.29, 1.82) is 0 Å². The van der Waals surface area contributed by atoms with Crippen LogP contribution in [-0.4, -0.2) is 37.1 Å². The number of nitrogens with zero attached hydrogens (tertiary/aromatic N) is 1. The van der Waals surface area contributed by atoms with Gasteiger partial charge in [0.25, 0.3) is 0 Å². The van der Waals surface area contributed by atoms with Gasteiger partial charge in [-0.1, -0.05) is 26.7 Å². The lowest BCUT2D eigenvalue weighted by Gasteiger charge is -2.18. The largest absolute Gasteiger partial charge is 0.356 e. The second kappa shape index (κ2) is 8.67. The Morgan fingerprint density at radius 1 is 1.35 bits per heavy atom. The van der Waals surface area contributed by atoms with Crippen LogP contribution in [0.3, 0.4) is 0 Å². The van der Waals surface area contributed by atoms with E-state index in [0.717, 1.165) is 30.2 Å². The minimum Gasteiger partial charge on any atom is -0.356 e. The summed E-state index contributed by atoms with van der Waals surface area (Å²) in [6.45, 7) is 6.58. The summed E-state index contributed by atoms with van der Waals surface area (Å²) < 4.78 is 0.